The number of carbonyl (C=O) groups is 1. The summed E-state index contributed by atoms with van der Waals surface area (Å²) in [5.41, 5.74) is 5.56. The van der Waals surface area contributed by atoms with Crippen molar-refractivity contribution in [2.75, 3.05) is 5.32 Å². The molecule has 1 atom stereocenters. The maximum atomic E-state index is 12.8. The van der Waals surface area contributed by atoms with E-state index in [2.05, 4.69) is 40.8 Å². The normalized spacial score (nSPS) is 12.0. The third-order valence-electron chi connectivity index (χ3n) is 5.15. The number of aromatic amines is 1. The number of aromatic nitrogens is 1. The van der Waals surface area contributed by atoms with Crippen LogP contribution >= 0.6 is 0 Å². The van der Waals surface area contributed by atoms with Crippen LogP contribution in [0.2, 0.25) is 0 Å². The van der Waals surface area contributed by atoms with Crippen LogP contribution in [0.1, 0.15) is 29.0 Å². The molecule has 0 radical (unpaired) electrons. The molecule has 1 amide bonds. The highest BCUT2D eigenvalue weighted by molar-refractivity contribution is 5.92. The first-order valence-electron chi connectivity index (χ1n) is 9.65. The third-order valence-corrected chi connectivity index (χ3v) is 5.15. The Morgan fingerprint density at radius 3 is 2.43 bits per heavy atom. The molecular formula is C25H24N2O. The lowest BCUT2D eigenvalue weighted by molar-refractivity contribution is -0.116. The fourth-order valence-corrected chi connectivity index (χ4v) is 3.70. The Hall–Kier alpha value is -3.33. The molecule has 1 unspecified atom stereocenters. The van der Waals surface area contributed by atoms with E-state index in [0.29, 0.717) is 6.42 Å². The topological polar surface area (TPSA) is 44.9 Å². The van der Waals surface area contributed by atoms with Crippen LogP contribution in [0.4, 0.5) is 5.69 Å². The summed E-state index contributed by atoms with van der Waals surface area (Å²) in [6.45, 7) is 2.04. The molecule has 0 spiro atoms. The van der Waals surface area contributed by atoms with Crippen LogP contribution in [0.25, 0.3) is 10.9 Å². The highest BCUT2D eigenvalue weighted by Crippen LogP contribution is 2.31. The van der Waals surface area contributed by atoms with E-state index in [0.717, 1.165) is 17.6 Å². The summed E-state index contributed by atoms with van der Waals surface area (Å²) in [7, 11) is 0. The van der Waals surface area contributed by atoms with Gasteiger partial charge in [0.2, 0.25) is 5.91 Å². The van der Waals surface area contributed by atoms with Gasteiger partial charge in [-0.25, -0.2) is 0 Å². The van der Waals surface area contributed by atoms with Gasteiger partial charge in [0.15, 0.2) is 0 Å². The Morgan fingerprint density at radius 1 is 0.929 bits per heavy atom. The van der Waals surface area contributed by atoms with Gasteiger partial charge in [0.1, 0.15) is 0 Å². The van der Waals surface area contributed by atoms with Crippen molar-refractivity contribution in [3.63, 3.8) is 0 Å². The summed E-state index contributed by atoms with van der Waals surface area (Å²) in [5, 5.41) is 4.23. The molecule has 3 heteroatoms. The molecule has 1 aromatic heterocycles. The average molecular weight is 368 g/mol. The second-order valence-electron chi connectivity index (χ2n) is 7.29. The summed E-state index contributed by atoms with van der Waals surface area (Å²) in [5.74, 6) is 0.138. The lowest BCUT2D eigenvalue weighted by Gasteiger charge is -2.17. The lowest BCUT2D eigenvalue weighted by Crippen LogP contribution is -2.17. The monoisotopic (exact) mass is 368 g/mol. The van der Waals surface area contributed by atoms with Gasteiger partial charge in [0.25, 0.3) is 0 Å². The van der Waals surface area contributed by atoms with Crippen LogP contribution in [0.5, 0.6) is 0 Å². The van der Waals surface area contributed by atoms with E-state index in [1.165, 1.54) is 22.1 Å². The van der Waals surface area contributed by atoms with Crippen molar-refractivity contribution in [2.24, 2.45) is 0 Å². The average Bonchev–Trinajstić information content (AvgIpc) is 3.14. The summed E-state index contributed by atoms with van der Waals surface area (Å²) < 4.78 is 0. The van der Waals surface area contributed by atoms with E-state index >= 15 is 0 Å². The van der Waals surface area contributed by atoms with Crippen LogP contribution in [0, 0.1) is 6.92 Å². The van der Waals surface area contributed by atoms with Gasteiger partial charge in [-0.3, -0.25) is 4.79 Å². The maximum absolute atomic E-state index is 12.8. The molecule has 0 bridgehead atoms. The Morgan fingerprint density at radius 2 is 1.64 bits per heavy atom. The van der Waals surface area contributed by atoms with Gasteiger partial charge in [-0.05, 0) is 48.6 Å². The van der Waals surface area contributed by atoms with E-state index in [1.807, 2.05) is 61.5 Å². The molecule has 0 aliphatic rings. The Bertz CT molecular complexity index is 1060. The first kappa shape index (κ1) is 18.1. The predicted molar refractivity (Wildman–Crippen MR) is 116 cm³/mol. The van der Waals surface area contributed by atoms with E-state index in [1.54, 1.807) is 0 Å². The van der Waals surface area contributed by atoms with Crippen molar-refractivity contribution in [3.05, 3.63) is 102 Å². The molecule has 4 rings (SSSR count). The number of rotatable bonds is 6. The van der Waals surface area contributed by atoms with Gasteiger partial charge in [0, 0.05) is 29.2 Å². The zero-order valence-corrected chi connectivity index (χ0v) is 16.0. The molecule has 0 aliphatic carbocycles. The van der Waals surface area contributed by atoms with E-state index < -0.39 is 0 Å². The summed E-state index contributed by atoms with van der Waals surface area (Å²) >= 11 is 0. The first-order valence-corrected chi connectivity index (χ1v) is 9.65. The van der Waals surface area contributed by atoms with Crippen molar-refractivity contribution in [1.29, 1.82) is 0 Å². The van der Waals surface area contributed by atoms with E-state index in [-0.39, 0.29) is 11.8 Å². The molecule has 2 N–H and O–H groups in total. The summed E-state index contributed by atoms with van der Waals surface area (Å²) in [4.78, 5) is 16.2. The van der Waals surface area contributed by atoms with Gasteiger partial charge >= 0.3 is 0 Å². The Balaban J connectivity index is 1.59. The number of benzene rings is 3. The number of anilines is 1. The fourth-order valence-electron chi connectivity index (χ4n) is 3.70. The standard InChI is InChI=1S/C25H24N2O/c1-18-11-13-21(14-12-18)27-25(28)16-20(15-19-7-3-2-4-8-19)23-17-26-24-10-6-5-9-22(23)24/h2-14,17,20,26H,15-16H2,1H3,(H,27,28). The Kier molecular flexibility index (Phi) is 5.24. The zero-order valence-electron chi connectivity index (χ0n) is 16.0. The van der Waals surface area contributed by atoms with Crippen molar-refractivity contribution in [2.45, 2.75) is 25.7 Å². The molecule has 0 aliphatic heterocycles. The van der Waals surface area contributed by atoms with E-state index in [9.17, 15) is 4.79 Å². The smallest absolute Gasteiger partial charge is 0.224 e. The Labute approximate surface area is 165 Å². The number of hydrogen-bond acceptors (Lipinski definition) is 1. The van der Waals surface area contributed by atoms with Gasteiger partial charge in [-0.2, -0.15) is 0 Å². The number of para-hydroxylation sites is 1. The molecule has 0 fully saturated rings. The molecule has 3 aromatic carbocycles. The van der Waals surface area contributed by atoms with Crippen LogP contribution < -0.4 is 5.32 Å². The van der Waals surface area contributed by atoms with Crippen molar-refractivity contribution in [1.82, 2.24) is 4.98 Å². The highest BCUT2D eigenvalue weighted by Gasteiger charge is 2.20. The highest BCUT2D eigenvalue weighted by atomic mass is 16.1. The largest absolute Gasteiger partial charge is 0.361 e. The van der Waals surface area contributed by atoms with Gasteiger partial charge in [-0.15, -0.1) is 0 Å². The molecule has 140 valence electrons. The van der Waals surface area contributed by atoms with Gasteiger partial charge in [0.05, 0.1) is 0 Å². The van der Waals surface area contributed by atoms with E-state index in [4.69, 9.17) is 0 Å². The van der Waals surface area contributed by atoms with Gasteiger partial charge in [-0.1, -0.05) is 66.2 Å². The lowest BCUT2D eigenvalue weighted by atomic mass is 9.88. The molecule has 4 aromatic rings. The minimum Gasteiger partial charge on any atom is -0.361 e. The number of hydrogen-bond donors (Lipinski definition) is 2. The maximum Gasteiger partial charge on any atom is 0.224 e. The molecule has 0 saturated carbocycles. The summed E-state index contributed by atoms with van der Waals surface area (Å²) in [6, 6.07) is 26.6. The molecule has 0 saturated heterocycles. The first-order chi connectivity index (χ1) is 13.7. The number of aryl methyl sites for hydroxylation is 1. The van der Waals surface area contributed by atoms with Crippen LogP contribution in [-0.2, 0) is 11.2 Å². The third kappa shape index (κ3) is 4.15. The van der Waals surface area contributed by atoms with Crippen molar-refractivity contribution in [3.8, 4) is 0 Å². The second-order valence-corrected chi connectivity index (χ2v) is 7.29. The van der Waals surface area contributed by atoms with Crippen molar-refractivity contribution >= 4 is 22.5 Å². The molecule has 3 nitrogen and oxygen atoms in total. The molecular weight excluding hydrogens is 344 g/mol. The number of nitrogens with one attached hydrogen (secondary N) is 2. The number of H-pyrrole nitrogens is 1. The number of fused-ring (bicyclic) bond motifs is 1. The van der Waals surface area contributed by atoms with Crippen LogP contribution in [0.15, 0.2) is 85.1 Å². The minimum absolute atomic E-state index is 0.0371. The SMILES string of the molecule is Cc1ccc(NC(=O)CC(Cc2ccccc2)c2c[nH]c3ccccc23)cc1. The number of carbonyl (C=O) groups excluding carboxylic acids is 1. The fraction of sp³-hybridized carbons (Fsp3) is 0.160. The van der Waals surface area contributed by atoms with Crippen molar-refractivity contribution < 1.29 is 4.79 Å². The quantitative estimate of drug-likeness (QED) is 0.442. The minimum atomic E-state index is 0.0371. The van der Waals surface area contributed by atoms with Crippen LogP contribution in [0.3, 0.4) is 0 Å². The predicted octanol–water partition coefficient (Wildman–Crippen LogP) is 5.83. The molecule has 1 heterocycles. The molecule has 28 heavy (non-hydrogen) atoms. The zero-order chi connectivity index (χ0) is 19.3. The second kappa shape index (κ2) is 8.13. The van der Waals surface area contributed by atoms with Crippen LogP contribution in [-0.4, -0.2) is 10.9 Å². The van der Waals surface area contributed by atoms with Gasteiger partial charge < -0.3 is 10.3 Å². The summed E-state index contributed by atoms with van der Waals surface area (Å²) in [6.07, 6.45) is 3.31. The number of amides is 1.